The summed E-state index contributed by atoms with van der Waals surface area (Å²) in [4.78, 5) is 16.3. The van der Waals surface area contributed by atoms with Gasteiger partial charge in [-0.1, -0.05) is 11.6 Å². The zero-order valence-corrected chi connectivity index (χ0v) is 16.2. The van der Waals surface area contributed by atoms with Crippen LogP contribution in [0.1, 0.15) is 11.5 Å². The van der Waals surface area contributed by atoms with Crippen LogP contribution in [0.2, 0.25) is 5.02 Å². The van der Waals surface area contributed by atoms with E-state index in [1.165, 1.54) is 6.08 Å². The van der Waals surface area contributed by atoms with Gasteiger partial charge in [-0.05, 0) is 84.1 Å². The van der Waals surface area contributed by atoms with Crippen molar-refractivity contribution in [1.29, 1.82) is 0 Å². The van der Waals surface area contributed by atoms with Crippen LogP contribution in [-0.4, -0.2) is 10.9 Å². The van der Waals surface area contributed by atoms with Gasteiger partial charge in [0, 0.05) is 20.2 Å². The predicted octanol–water partition coefficient (Wildman–Crippen LogP) is 5.56. The topological polar surface area (TPSA) is 55.1 Å². The van der Waals surface area contributed by atoms with Crippen LogP contribution in [0.5, 0.6) is 0 Å². The lowest BCUT2D eigenvalue weighted by atomic mass is 10.2. The fraction of sp³-hybridized carbons (Fsp3) is 0.0526. The molecule has 0 bridgehead atoms. The summed E-state index contributed by atoms with van der Waals surface area (Å²) in [5.41, 5.74) is 1.80. The van der Waals surface area contributed by atoms with Crippen molar-refractivity contribution >= 4 is 52.0 Å². The van der Waals surface area contributed by atoms with Crippen molar-refractivity contribution in [2.45, 2.75) is 6.92 Å². The number of pyridine rings is 1. The third kappa shape index (κ3) is 4.70. The summed E-state index contributed by atoms with van der Waals surface area (Å²) in [6.45, 7) is 1.90. The van der Waals surface area contributed by atoms with Gasteiger partial charge in [-0.25, -0.2) is 4.98 Å². The summed E-state index contributed by atoms with van der Waals surface area (Å²) in [6, 6.07) is 14.7. The Bertz CT molecular complexity index is 933. The van der Waals surface area contributed by atoms with Crippen molar-refractivity contribution in [2.24, 2.45) is 0 Å². The van der Waals surface area contributed by atoms with Gasteiger partial charge in [-0.3, -0.25) is 4.79 Å². The number of rotatable bonds is 4. The van der Waals surface area contributed by atoms with Crippen LogP contribution in [0, 0.1) is 10.5 Å². The van der Waals surface area contributed by atoms with Crippen LogP contribution >= 0.6 is 34.2 Å². The van der Waals surface area contributed by atoms with Gasteiger partial charge in [-0.15, -0.1) is 0 Å². The molecule has 0 fully saturated rings. The normalized spacial score (nSPS) is 11.0. The van der Waals surface area contributed by atoms with Gasteiger partial charge < -0.3 is 9.73 Å². The van der Waals surface area contributed by atoms with Gasteiger partial charge in [0.05, 0.1) is 5.69 Å². The predicted molar refractivity (Wildman–Crippen MR) is 109 cm³/mol. The number of furan rings is 1. The maximum absolute atomic E-state index is 12.0. The molecule has 0 aliphatic rings. The molecule has 1 N–H and O–H groups in total. The quantitative estimate of drug-likeness (QED) is 0.406. The summed E-state index contributed by atoms with van der Waals surface area (Å²) >= 11 is 8.08. The molecular formula is C19H14ClIN2O2. The highest BCUT2D eigenvalue weighted by Crippen LogP contribution is 2.24. The lowest BCUT2D eigenvalue weighted by Crippen LogP contribution is -2.09. The molecule has 2 heterocycles. The maximum atomic E-state index is 12.0. The van der Waals surface area contributed by atoms with Gasteiger partial charge in [0.25, 0.3) is 0 Å². The average molecular weight is 465 g/mol. The first-order valence-corrected chi connectivity index (χ1v) is 8.95. The smallest absolute Gasteiger partial charge is 0.249 e. The van der Waals surface area contributed by atoms with Crippen LogP contribution in [0.25, 0.3) is 17.4 Å². The Kier molecular flexibility index (Phi) is 5.55. The van der Waals surface area contributed by atoms with Crippen LogP contribution in [0.3, 0.4) is 0 Å². The largest absolute Gasteiger partial charge is 0.457 e. The molecule has 1 amide bonds. The van der Waals surface area contributed by atoms with Crippen LogP contribution in [0.15, 0.2) is 59.0 Å². The Morgan fingerprint density at radius 1 is 1.16 bits per heavy atom. The van der Waals surface area contributed by atoms with E-state index in [1.54, 1.807) is 30.3 Å². The van der Waals surface area contributed by atoms with Crippen LogP contribution in [-0.2, 0) is 4.79 Å². The van der Waals surface area contributed by atoms with E-state index in [0.29, 0.717) is 22.4 Å². The lowest BCUT2D eigenvalue weighted by molar-refractivity contribution is -0.111. The molecule has 6 heteroatoms. The molecule has 126 valence electrons. The van der Waals surface area contributed by atoms with Gasteiger partial charge in [0.15, 0.2) is 0 Å². The number of nitrogens with zero attached hydrogens (tertiary/aromatic N) is 1. The van der Waals surface area contributed by atoms with Gasteiger partial charge in [0.2, 0.25) is 5.91 Å². The highest BCUT2D eigenvalue weighted by atomic mass is 127. The molecule has 3 aromatic rings. The molecule has 2 aromatic heterocycles. The SMILES string of the molecule is Cc1nc(NC(=O)/C=C/c2ccc(-c3ccc(Cl)cc3)o2)ccc1I. The Morgan fingerprint density at radius 3 is 2.64 bits per heavy atom. The zero-order valence-electron chi connectivity index (χ0n) is 13.3. The second kappa shape index (κ2) is 7.84. The molecule has 3 rings (SSSR count). The Labute approximate surface area is 164 Å². The third-order valence-corrected chi connectivity index (χ3v) is 4.82. The van der Waals surface area contributed by atoms with Crippen molar-refractivity contribution in [3.8, 4) is 11.3 Å². The maximum Gasteiger partial charge on any atom is 0.249 e. The minimum absolute atomic E-state index is 0.266. The number of aromatic nitrogens is 1. The molecule has 1 aromatic carbocycles. The van der Waals surface area contributed by atoms with Crippen molar-refractivity contribution in [2.75, 3.05) is 5.32 Å². The van der Waals surface area contributed by atoms with Crippen LogP contribution in [0.4, 0.5) is 5.82 Å². The van der Waals surface area contributed by atoms with E-state index < -0.39 is 0 Å². The number of hydrogen-bond acceptors (Lipinski definition) is 3. The highest BCUT2D eigenvalue weighted by molar-refractivity contribution is 14.1. The molecule has 0 unspecified atom stereocenters. The number of aryl methyl sites for hydroxylation is 1. The number of benzene rings is 1. The second-order valence-corrected chi connectivity index (χ2v) is 6.89. The number of amides is 1. The minimum Gasteiger partial charge on any atom is -0.457 e. The second-order valence-electron chi connectivity index (χ2n) is 5.30. The third-order valence-electron chi connectivity index (χ3n) is 3.43. The molecule has 0 aliphatic heterocycles. The fourth-order valence-electron chi connectivity index (χ4n) is 2.15. The van der Waals surface area contributed by atoms with Crippen molar-refractivity contribution in [3.05, 3.63) is 74.7 Å². The first-order chi connectivity index (χ1) is 12.0. The van der Waals surface area contributed by atoms with E-state index in [9.17, 15) is 4.79 Å². The van der Waals surface area contributed by atoms with E-state index in [4.69, 9.17) is 16.0 Å². The summed E-state index contributed by atoms with van der Waals surface area (Å²) in [6.07, 6.45) is 3.04. The number of anilines is 1. The van der Waals surface area contributed by atoms with Gasteiger partial charge in [0.1, 0.15) is 17.3 Å². The zero-order chi connectivity index (χ0) is 17.8. The van der Waals surface area contributed by atoms with E-state index in [-0.39, 0.29) is 5.91 Å². The molecule has 0 aliphatic carbocycles. The van der Waals surface area contributed by atoms with Gasteiger partial charge >= 0.3 is 0 Å². The standard InChI is InChI=1S/C19H14ClIN2O2/c1-12-16(21)8-10-18(22-12)23-19(24)11-7-15-6-9-17(25-15)13-2-4-14(20)5-3-13/h2-11H,1H3,(H,22,23,24)/b11-7+. The van der Waals surface area contributed by atoms with Gasteiger partial charge in [-0.2, -0.15) is 0 Å². The molecular weight excluding hydrogens is 451 g/mol. The Balaban J connectivity index is 1.66. The summed E-state index contributed by atoms with van der Waals surface area (Å²) in [7, 11) is 0. The Morgan fingerprint density at radius 2 is 1.92 bits per heavy atom. The number of nitrogens with one attached hydrogen (secondary N) is 1. The molecule has 0 radical (unpaired) electrons. The molecule has 4 nitrogen and oxygen atoms in total. The van der Waals surface area contributed by atoms with Crippen molar-refractivity contribution in [3.63, 3.8) is 0 Å². The average Bonchev–Trinajstić information content (AvgIpc) is 3.06. The minimum atomic E-state index is -0.266. The number of carbonyl (C=O) groups is 1. The van der Waals surface area contributed by atoms with E-state index >= 15 is 0 Å². The first-order valence-electron chi connectivity index (χ1n) is 7.49. The summed E-state index contributed by atoms with van der Waals surface area (Å²) in [5.74, 6) is 1.56. The number of carbonyl (C=O) groups excluding carboxylic acids is 1. The number of hydrogen-bond donors (Lipinski definition) is 1. The molecule has 0 spiro atoms. The van der Waals surface area contributed by atoms with E-state index in [2.05, 4.69) is 32.9 Å². The summed E-state index contributed by atoms with van der Waals surface area (Å²) in [5, 5.41) is 3.40. The van der Waals surface area contributed by atoms with Crippen molar-refractivity contribution < 1.29 is 9.21 Å². The molecule has 0 saturated heterocycles. The lowest BCUT2D eigenvalue weighted by Gasteiger charge is -2.03. The molecule has 0 atom stereocenters. The van der Waals surface area contributed by atoms with E-state index in [1.807, 2.05) is 31.2 Å². The molecule has 0 saturated carbocycles. The highest BCUT2D eigenvalue weighted by Gasteiger charge is 2.05. The fourth-order valence-corrected chi connectivity index (χ4v) is 2.58. The summed E-state index contributed by atoms with van der Waals surface area (Å²) < 4.78 is 6.77. The Hall–Kier alpha value is -2.12. The van der Waals surface area contributed by atoms with E-state index in [0.717, 1.165) is 14.8 Å². The monoisotopic (exact) mass is 464 g/mol. The van der Waals surface area contributed by atoms with Crippen molar-refractivity contribution in [1.82, 2.24) is 4.98 Å². The number of halogens is 2. The first kappa shape index (κ1) is 17.7. The van der Waals surface area contributed by atoms with Crippen LogP contribution < -0.4 is 5.32 Å². The molecule has 25 heavy (non-hydrogen) atoms.